The normalized spacial score (nSPS) is 10.6. The molecule has 0 saturated carbocycles. The number of carbonyl (C=O) groups is 2. The molecule has 1 amide bonds. The molecule has 7 heteroatoms. The summed E-state index contributed by atoms with van der Waals surface area (Å²) in [6, 6.07) is 1.84. The van der Waals surface area contributed by atoms with E-state index < -0.39 is 5.97 Å². The number of unbranched alkanes of at least 4 members (excludes halogenated alkanes) is 2. The van der Waals surface area contributed by atoms with Crippen LogP contribution in [0, 0.1) is 0 Å². The highest BCUT2D eigenvalue weighted by Gasteiger charge is 2.07. The van der Waals surface area contributed by atoms with E-state index in [4.69, 9.17) is 28.3 Å². The first kappa shape index (κ1) is 18.3. The Kier molecular flexibility index (Phi) is 8.73. The summed E-state index contributed by atoms with van der Waals surface area (Å²) < 4.78 is 1.36. The number of aryl methyl sites for hydroxylation is 1. The lowest BCUT2D eigenvalue weighted by Gasteiger charge is -2.04. The van der Waals surface area contributed by atoms with Crippen molar-refractivity contribution in [2.24, 2.45) is 0 Å². The first-order valence-corrected chi connectivity index (χ1v) is 8.48. The van der Waals surface area contributed by atoms with Gasteiger partial charge in [-0.05, 0) is 37.3 Å². The minimum atomic E-state index is -0.772. The Morgan fingerprint density at radius 1 is 1.14 bits per heavy atom. The molecule has 4 nitrogen and oxygen atoms in total. The van der Waals surface area contributed by atoms with Crippen LogP contribution in [0.4, 0.5) is 0 Å². The summed E-state index contributed by atoms with van der Waals surface area (Å²) in [5.41, 5.74) is 0.994. The van der Waals surface area contributed by atoms with Gasteiger partial charge in [-0.1, -0.05) is 29.6 Å². The Hall–Kier alpha value is -0.780. The number of nitrogens with one attached hydrogen (secondary N) is 1. The largest absolute Gasteiger partial charge is 0.481 e. The van der Waals surface area contributed by atoms with Gasteiger partial charge in [-0.15, -0.1) is 11.3 Å². The van der Waals surface area contributed by atoms with E-state index in [0.717, 1.165) is 31.2 Å². The molecule has 0 fully saturated rings. The van der Waals surface area contributed by atoms with Crippen molar-refractivity contribution in [1.29, 1.82) is 0 Å². The number of carboxylic acid groups (broad SMARTS) is 1. The predicted octanol–water partition coefficient (Wildman–Crippen LogP) is 4.14. The van der Waals surface area contributed by atoms with E-state index in [-0.39, 0.29) is 12.3 Å². The van der Waals surface area contributed by atoms with Crippen molar-refractivity contribution in [3.63, 3.8) is 0 Å². The number of hydrogen-bond donors (Lipinski definition) is 2. The topological polar surface area (TPSA) is 66.4 Å². The number of hydrogen-bond acceptors (Lipinski definition) is 3. The lowest BCUT2D eigenvalue weighted by Crippen LogP contribution is -2.24. The molecular formula is C14H19Cl2NO3S. The molecule has 1 heterocycles. The zero-order valence-electron chi connectivity index (χ0n) is 11.7. The third-order valence-corrected chi connectivity index (χ3v) is 4.54. The second-order valence-electron chi connectivity index (χ2n) is 4.76. The maximum Gasteiger partial charge on any atom is 0.303 e. The molecule has 0 saturated heterocycles. The van der Waals surface area contributed by atoms with E-state index in [1.807, 2.05) is 6.07 Å². The Balaban J connectivity index is 2.04. The van der Waals surface area contributed by atoms with E-state index in [1.165, 1.54) is 11.3 Å². The van der Waals surface area contributed by atoms with Crippen LogP contribution >= 0.6 is 34.5 Å². The van der Waals surface area contributed by atoms with E-state index in [2.05, 4.69) is 5.32 Å². The number of rotatable bonds is 10. The fourth-order valence-electron chi connectivity index (χ4n) is 1.88. The molecule has 1 rings (SSSR count). The minimum absolute atomic E-state index is 0.0192. The third kappa shape index (κ3) is 8.29. The maximum atomic E-state index is 11.6. The molecule has 118 valence electrons. The molecule has 0 aliphatic carbocycles. The SMILES string of the molecule is O=C(O)CCCCCNC(=O)CCCc1cc(Cl)sc1Cl. The van der Waals surface area contributed by atoms with Crippen LogP contribution in [0.2, 0.25) is 8.67 Å². The highest BCUT2D eigenvalue weighted by molar-refractivity contribution is 7.20. The van der Waals surface area contributed by atoms with Gasteiger partial charge >= 0.3 is 5.97 Å². The predicted molar refractivity (Wildman–Crippen MR) is 86.4 cm³/mol. The first-order valence-electron chi connectivity index (χ1n) is 6.91. The number of carboxylic acids is 1. The average molecular weight is 352 g/mol. The van der Waals surface area contributed by atoms with Gasteiger partial charge in [0, 0.05) is 19.4 Å². The van der Waals surface area contributed by atoms with Crippen LogP contribution in [0.3, 0.4) is 0 Å². The van der Waals surface area contributed by atoms with E-state index in [1.54, 1.807) is 0 Å². The molecule has 0 unspecified atom stereocenters. The second-order valence-corrected chi connectivity index (χ2v) is 7.04. The van der Waals surface area contributed by atoms with Crippen molar-refractivity contribution in [3.05, 3.63) is 20.3 Å². The summed E-state index contributed by atoms with van der Waals surface area (Å²) in [6.07, 6.45) is 4.41. The van der Waals surface area contributed by atoms with Crippen LogP contribution in [0.1, 0.15) is 44.1 Å². The summed E-state index contributed by atoms with van der Waals surface area (Å²) in [5, 5.41) is 11.3. The molecule has 0 spiro atoms. The Labute approximate surface area is 138 Å². The monoisotopic (exact) mass is 351 g/mol. The average Bonchev–Trinajstić information content (AvgIpc) is 2.72. The van der Waals surface area contributed by atoms with Crippen molar-refractivity contribution in [2.75, 3.05) is 6.54 Å². The number of carbonyl (C=O) groups excluding carboxylic acids is 1. The molecule has 0 radical (unpaired) electrons. The summed E-state index contributed by atoms with van der Waals surface area (Å²) in [4.78, 5) is 21.9. The standard InChI is InChI=1S/C14H19Cl2NO3S/c15-11-9-10(14(16)21-11)5-4-6-12(18)17-8-3-1-2-7-13(19)20/h9H,1-8H2,(H,17,18)(H,19,20). The molecule has 1 aromatic rings. The highest BCUT2D eigenvalue weighted by atomic mass is 35.5. The lowest BCUT2D eigenvalue weighted by atomic mass is 10.1. The first-order chi connectivity index (χ1) is 9.99. The van der Waals surface area contributed by atoms with Gasteiger partial charge in [0.25, 0.3) is 0 Å². The summed E-state index contributed by atoms with van der Waals surface area (Å²) in [5.74, 6) is -0.753. The van der Waals surface area contributed by atoms with Gasteiger partial charge in [-0.3, -0.25) is 9.59 Å². The van der Waals surface area contributed by atoms with Crippen molar-refractivity contribution in [3.8, 4) is 0 Å². The molecule has 0 aliphatic heterocycles. The second kappa shape index (κ2) is 10.0. The van der Waals surface area contributed by atoms with Crippen LogP contribution in [-0.2, 0) is 16.0 Å². The van der Waals surface area contributed by atoms with E-state index in [0.29, 0.717) is 28.1 Å². The van der Waals surface area contributed by atoms with Gasteiger partial charge in [0.15, 0.2) is 0 Å². The van der Waals surface area contributed by atoms with Gasteiger partial charge in [0.1, 0.15) is 0 Å². The zero-order valence-corrected chi connectivity index (χ0v) is 14.0. The van der Waals surface area contributed by atoms with E-state index >= 15 is 0 Å². The van der Waals surface area contributed by atoms with Crippen LogP contribution < -0.4 is 5.32 Å². The molecule has 2 N–H and O–H groups in total. The van der Waals surface area contributed by atoms with Gasteiger partial charge in [0.05, 0.1) is 8.67 Å². The highest BCUT2D eigenvalue weighted by Crippen LogP contribution is 2.31. The number of thiophene rings is 1. The number of halogens is 2. The number of amides is 1. The van der Waals surface area contributed by atoms with Gasteiger partial charge in [0.2, 0.25) is 5.91 Å². The van der Waals surface area contributed by atoms with Crippen molar-refractivity contribution >= 4 is 46.4 Å². The minimum Gasteiger partial charge on any atom is -0.481 e. The van der Waals surface area contributed by atoms with Crippen molar-refractivity contribution in [2.45, 2.75) is 44.9 Å². The molecule has 0 aromatic carbocycles. The fraction of sp³-hybridized carbons (Fsp3) is 0.571. The van der Waals surface area contributed by atoms with E-state index in [9.17, 15) is 9.59 Å². The summed E-state index contributed by atoms with van der Waals surface area (Å²) in [7, 11) is 0. The van der Waals surface area contributed by atoms with Crippen molar-refractivity contribution in [1.82, 2.24) is 5.32 Å². The molecule has 1 aromatic heterocycles. The quantitative estimate of drug-likeness (QED) is 0.622. The maximum absolute atomic E-state index is 11.6. The van der Waals surface area contributed by atoms with Crippen molar-refractivity contribution < 1.29 is 14.7 Å². The Bertz CT molecular complexity index is 477. The Morgan fingerprint density at radius 2 is 1.90 bits per heavy atom. The zero-order chi connectivity index (χ0) is 15.7. The molecule has 21 heavy (non-hydrogen) atoms. The Morgan fingerprint density at radius 3 is 2.52 bits per heavy atom. The van der Waals surface area contributed by atoms with Gasteiger partial charge in [-0.25, -0.2) is 0 Å². The van der Waals surface area contributed by atoms with Crippen LogP contribution in [0.15, 0.2) is 6.07 Å². The molecular weight excluding hydrogens is 333 g/mol. The van der Waals surface area contributed by atoms with Gasteiger partial charge in [-0.2, -0.15) is 0 Å². The smallest absolute Gasteiger partial charge is 0.303 e. The third-order valence-electron chi connectivity index (χ3n) is 2.97. The lowest BCUT2D eigenvalue weighted by molar-refractivity contribution is -0.137. The van der Waals surface area contributed by atoms with Crippen LogP contribution in [0.25, 0.3) is 0 Å². The molecule has 0 atom stereocenters. The van der Waals surface area contributed by atoms with Crippen LogP contribution in [-0.4, -0.2) is 23.5 Å². The van der Waals surface area contributed by atoms with Gasteiger partial charge < -0.3 is 10.4 Å². The number of aliphatic carboxylic acids is 1. The molecule has 0 bridgehead atoms. The summed E-state index contributed by atoms with van der Waals surface area (Å²) in [6.45, 7) is 0.601. The summed E-state index contributed by atoms with van der Waals surface area (Å²) >= 11 is 13.2. The van der Waals surface area contributed by atoms with Crippen LogP contribution in [0.5, 0.6) is 0 Å². The molecule has 0 aliphatic rings. The fourth-order valence-corrected chi connectivity index (χ4v) is 3.42.